The fourth-order valence-electron chi connectivity index (χ4n) is 1.75. The van der Waals surface area contributed by atoms with Crippen molar-refractivity contribution in [3.63, 3.8) is 0 Å². The molecule has 0 aromatic carbocycles. The lowest BCUT2D eigenvalue weighted by Crippen LogP contribution is -2.46. The molecule has 1 rings (SSSR count). The number of nitrogens with zero attached hydrogens (tertiary/aromatic N) is 1. The molecule has 1 unspecified atom stereocenters. The first-order chi connectivity index (χ1) is 10.2. The van der Waals surface area contributed by atoms with Gasteiger partial charge in [0, 0.05) is 6.04 Å². The highest BCUT2D eigenvalue weighted by Crippen LogP contribution is 2.23. The maximum absolute atomic E-state index is 12.2. The van der Waals surface area contributed by atoms with E-state index in [1.165, 1.54) is 11.3 Å². The van der Waals surface area contributed by atoms with E-state index in [-0.39, 0.29) is 30.0 Å². The Balaban J connectivity index is 2.62. The summed E-state index contributed by atoms with van der Waals surface area (Å²) in [5.41, 5.74) is 5.52. The molecule has 1 heterocycles. The van der Waals surface area contributed by atoms with Crippen LogP contribution in [0.1, 0.15) is 31.1 Å². The largest absolute Gasteiger partial charge is 0.366 e. The number of anilines is 1. The highest BCUT2D eigenvalue weighted by atomic mass is 32.1. The third kappa shape index (κ3) is 5.12. The molecule has 0 aliphatic carbocycles. The molecule has 7 nitrogen and oxygen atoms in total. The Morgan fingerprint density at radius 3 is 2.50 bits per heavy atom. The molecule has 8 heteroatoms. The van der Waals surface area contributed by atoms with E-state index in [0.717, 1.165) is 0 Å². The standard InChI is InChI=1S/C14H22N4O3S/c1-8(2)16-11(19)7-18(4)9(3)13(21)17-14-10(12(15)20)5-6-22-14/h5-6,8-9H,7H2,1-4H3,(H2,15,20)(H,16,19)(H,17,21). The number of carbonyl (C=O) groups is 3. The van der Waals surface area contributed by atoms with Gasteiger partial charge in [0.1, 0.15) is 5.00 Å². The molecule has 0 aliphatic rings. The zero-order chi connectivity index (χ0) is 16.9. The smallest absolute Gasteiger partial charge is 0.251 e. The summed E-state index contributed by atoms with van der Waals surface area (Å²) >= 11 is 1.23. The lowest BCUT2D eigenvalue weighted by atomic mass is 10.2. The van der Waals surface area contributed by atoms with Gasteiger partial charge in [-0.2, -0.15) is 0 Å². The van der Waals surface area contributed by atoms with E-state index in [1.807, 2.05) is 13.8 Å². The van der Waals surface area contributed by atoms with Crippen LogP contribution >= 0.6 is 11.3 Å². The molecule has 0 saturated heterocycles. The second kappa shape index (κ2) is 7.90. The number of thiophene rings is 1. The molecule has 0 fully saturated rings. The van der Waals surface area contributed by atoms with Gasteiger partial charge in [-0.3, -0.25) is 19.3 Å². The molecule has 0 bridgehead atoms. The first-order valence-corrected chi connectivity index (χ1v) is 7.78. The number of amides is 3. The van der Waals surface area contributed by atoms with Gasteiger partial charge in [-0.1, -0.05) is 0 Å². The van der Waals surface area contributed by atoms with Gasteiger partial charge in [0.2, 0.25) is 11.8 Å². The fraction of sp³-hybridized carbons (Fsp3) is 0.500. The number of nitrogens with one attached hydrogen (secondary N) is 2. The number of rotatable bonds is 7. The quantitative estimate of drug-likeness (QED) is 0.683. The summed E-state index contributed by atoms with van der Waals surface area (Å²) in [6.45, 7) is 5.54. The van der Waals surface area contributed by atoms with Crippen molar-refractivity contribution in [2.45, 2.75) is 32.9 Å². The number of hydrogen-bond donors (Lipinski definition) is 3. The molecule has 0 spiro atoms. The van der Waals surface area contributed by atoms with Crippen LogP contribution in [0, 0.1) is 0 Å². The summed E-state index contributed by atoms with van der Waals surface area (Å²) in [7, 11) is 1.69. The van der Waals surface area contributed by atoms with Crippen molar-refractivity contribution in [1.29, 1.82) is 0 Å². The Bertz CT molecular complexity index is 556. The van der Waals surface area contributed by atoms with Gasteiger partial charge in [0.05, 0.1) is 18.2 Å². The first kappa shape index (κ1) is 18.1. The predicted molar refractivity (Wildman–Crippen MR) is 86.8 cm³/mol. The predicted octanol–water partition coefficient (Wildman–Crippen LogP) is 0.630. The topological polar surface area (TPSA) is 105 Å². The lowest BCUT2D eigenvalue weighted by Gasteiger charge is -2.23. The second-order valence-corrected chi connectivity index (χ2v) is 6.25. The van der Waals surface area contributed by atoms with Gasteiger partial charge in [-0.25, -0.2) is 0 Å². The Hall–Kier alpha value is -1.93. The van der Waals surface area contributed by atoms with Crippen LogP contribution in [-0.4, -0.2) is 48.3 Å². The van der Waals surface area contributed by atoms with Gasteiger partial charge < -0.3 is 16.4 Å². The van der Waals surface area contributed by atoms with Gasteiger partial charge in [-0.15, -0.1) is 11.3 Å². The van der Waals surface area contributed by atoms with E-state index >= 15 is 0 Å². The minimum absolute atomic E-state index is 0.0503. The molecule has 122 valence electrons. The number of carbonyl (C=O) groups excluding carboxylic acids is 3. The summed E-state index contributed by atoms with van der Waals surface area (Å²) in [5, 5.41) is 7.54. The molecule has 4 N–H and O–H groups in total. The van der Waals surface area contributed by atoms with Gasteiger partial charge in [0.15, 0.2) is 0 Å². The monoisotopic (exact) mass is 326 g/mol. The Labute approximate surface area is 133 Å². The molecule has 1 aromatic heterocycles. The maximum atomic E-state index is 12.2. The second-order valence-electron chi connectivity index (χ2n) is 5.33. The van der Waals surface area contributed by atoms with Crippen molar-refractivity contribution in [3.05, 3.63) is 17.0 Å². The molecule has 1 atom stereocenters. The molecule has 22 heavy (non-hydrogen) atoms. The van der Waals surface area contributed by atoms with Crippen LogP contribution in [0.5, 0.6) is 0 Å². The summed E-state index contributed by atoms with van der Waals surface area (Å²) in [6, 6.07) is 1.09. The summed E-state index contributed by atoms with van der Waals surface area (Å²) < 4.78 is 0. The summed E-state index contributed by atoms with van der Waals surface area (Å²) in [5.74, 6) is -1.04. The highest BCUT2D eigenvalue weighted by Gasteiger charge is 2.22. The van der Waals surface area contributed by atoms with Crippen molar-refractivity contribution >= 4 is 34.1 Å². The molecular weight excluding hydrogens is 304 g/mol. The average Bonchev–Trinajstić information content (AvgIpc) is 2.84. The number of primary amides is 1. The van der Waals surface area contributed by atoms with Gasteiger partial charge in [-0.05, 0) is 39.3 Å². The average molecular weight is 326 g/mol. The van der Waals surface area contributed by atoms with E-state index in [1.54, 1.807) is 30.3 Å². The molecule has 0 radical (unpaired) electrons. The van der Waals surface area contributed by atoms with Crippen molar-refractivity contribution < 1.29 is 14.4 Å². The number of hydrogen-bond acceptors (Lipinski definition) is 5. The molecule has 1 aromatic rings. The van der Waals surface area contributed by atoms with Crippen LogP contribution < -0.4 is 16.4 Å². The highest BCUT2D eigenvalue weighted by molar-refractivity contribution is 7.14. The Morgan fingerprint density at radius 2 is 1.95 bits per heavy atom. The SMILES string of the molecule is CC(C)NC(=O)CN(C)C(C)C(=O)Nc1sccc1C(N)=O. The zero-order valence-electron chi connectivity index (χ0n) is 13.2. The third-order valence-corrected chi connectivity index (χ3v) is 3.88. The molecular formula is C14H22N4O3S. The van der Waals surface area contributed by atoms with E-state index in [0.29, 0.717) is 5.00 Å². The third-order valence-electron chi connectivity index (χ3n) is 3.05. The van der Waals surface area contributed by atoms with Crippen LogP contribution in [0.4, 0.5) is 5.00 Å². The number of likely N-dealkylation sites (N-methyl/N-ethyl adjacent to an activating group) is 1. The molecule has 0 aliphatic heterocycles. The van der Waals surface area contributed by atoms with E-state index in [9.17, 15) is 14.4 Å². The zero-order valence-corrected chi connectivity index (χ0v) is 14.0. The van der Waals surface area contributed by atoms with E-state index < -0.39 is 11.9 Å². The Kier molecular flexibility index (Phi) is 6.51. The first-order valence-electron chi connectivity index (χ1n) is 6.90. The van der Waals surface area contributed by atoms with Gasteiger partial charge in [0.25, 0.3) is 5.91 Å². The van der Waals surface area contributed by atoms with Crippen molar-refractivity contribution in [2.24, 2.45) is 5.73 Å². The summed E-state index contributed by atoms with van der Waals surface area (Å²) in [6.07, 6.45) is 0. The van der Waals surface area contributed by atoms with Crippen LogP contribution in [-0.2, 0) is 9.59 Å². The van der Waals surface area contributed by atoms with Crippen molar-refractivity contribution in [2.75, 3.05) is 18.9 Å². The molecule has 0 saturated carbocycles. The van der Waals surface area contributed by atoms with Crippen LogP contribution in [0.2, 0.25) is 0 Å². The van der Waals surface area contributed by atoms with Crippen molar-refractivity contribution in [1.82, 2.24) is 10.2 Å². The van der Waals surface area contributed by atoms with Crippen LogP contribution in [0.3, 0.4) is 0 Å². The maximum Gasteiger partial charge on any atom is 0.251 e. The lowest BCUT2D eigenvalue weighted by molar-refractivity contribution is -0.125. The number of nitrogens with two attached hydrogens (primary N) is 1. The normalized spacial score (nSPS) is 12.3. The summed E-state index contributed by atoms with van der Waals surface area (Å²) in [4.78, 5) is 36.8. The van der Waals surface area contributed by atoms with Crippen molar-refractivity contribution in [3.8, 4) is 0 Å². The Morgan fingerprint density at radius 1 is 1.32 bits per heavy atom. The fourth-order valence-corrected chi connectivity index (χ4v) is 2.54. The van der Waals surface area contributed by atoms with Gasteiger partial charge >= 0.3 is 0 Å². The van der Waals surface area contributed by atoms with E-state index in [4.69, 9.17) is 5.73 Å². The minimum Gasteiger partial charge on any atom is -0.366 e. The minimum atomic E-state index is -0.589. The molecule has 3 amide bonds. The van der Waals surface area contributed by atoms with Crippen LogP contribution in [0.15, 0.2) is 11.4 Å². The van der Waals surface area contributed by atoms with Crippen LogP contribution in [0.25, 0.3) is 0 Å². The van der Waals surface area contributed by atoms with E-state index in [2.05, 4.69) is 10.6 Å².